The van der Waals surface area contributed by atoms with Crippen molar-refractivity contribution >= 4 is 17.2 Å². The number of nitrogens with zero attached hydrogens (tertiary/aromatic N) is 2. The molecule has 3 aromatic rings. The maximum atomic E-state index is 4.56. The molecule has 0 spiro atoms. The van der Waals surface area contributed by atoms with E-state index in [0.29, 0.717) is 0 Å². The number of hydrogen-bond donors (Lipinski definition) is 2. The second kappa shape index (κ2) is 7.11. The summed E-state index contributed by atoms with van der Waals surface area (Å²) in [6.45, 7) is 1.96. The molecular formula is C19H20N4S. The second-order valence-electron chi connectivity index (χ2n) is 5.90. The first-order chi connectivity index (χ1) is 11.9. The van der Waals surface area contributed by atoms with Crippen molar-refractivity contribution in [3.05, 3.63) is 75.9 Å². The first kappa shape index (κ1) is 15.3. The summed E-state index contributed by atoms with van der Waals surface area (Å²) >= 11 is 1.77. The largest absolute Gasteiger partial charge is 0.358 e. The molecule has 24 heavy (non-hydrogen) atoms. The van der Waals surface area contributed by atoms with Crippen molar-refractivity contribution in [1.82, 2.24) is 15.3 Å². The fraction of sp³-hybridized carbons (Fsp3) is 0.263. The molecular weight excluding hydrogens is 316 g/mol. The minimum atomic E-state index is 0.112. The summed E-state index contributed by atoms with van der Waals surface area (Å²) in [5, 5.41) is 9.25. The summed E-state index contributed by atoms with van der Waals surface area (Å²) in [7, 11) is 0. The Morgan fingerprint density at radius 2 is 1.88 bits per heavy atom. The Labute approximate surface area is 146 Å². The molecule has 3 heterocycles. The quantitative estimate of drug-likeness (QED) is 0.766. The molecule has 5 heteroatoms. The summed E-state index contributed by atoms with van der Waals surface area (Å²) in [5.74, 6) is 0.964. The summed E-state index contributed by atoms with van der Waals surface area (Å²) < 4.78 is 0. The van der Waals surface area contributed by atoms with Crippen molar-refractivity contribution in [3.63, 3.8) is 0 Å². The fourth-order valence-corrected chi connectivity index (χ4v) is 3.96. The van der Waals surface area contributed by atoms with Gasteiger partial charge in [0.1, 0.15) is 12.1 Å². The zero-order valence-corrected chi connectivity index (χ0v) is 14.2. The summed E-state index contributed by atoms with van der Waals surface area (Å²) in [6.07, 6.45) is 3.61. The van der Waals surface area contributed by atoms with E-state index >= 15 is 0 Å². The molecule has 0 saturated heterocycles. The summed E-state index contributed by atoms with van der Waals surface area (Å²) in [5.41, 5.74) is 3.66. The Hall–Kier alpha value is -2.24. The van der Waals surface area contributed by atoms with Crippen LogP contribution in [0.2, 0.25) is 0 Å². The van der Waals surface area contributed by atoms with Gasteiger partial charge in [0.15, 0.2) is 0 Å². The number of aromatic nitrogens is 2. The number of hydrogen-bond acceptors (Lipinski definition) is 5. The Kier molecular flexibility index (Phi) is 4.53. The molecule has 0 fully saturated rings. The molecule has 1 aromatic carbocycles. The molecule has 1 aliphatic rings. The number of rotatable bonds is 4. The summed E-state index contributed by atoms with van der Waals surface area (Å²) in [6, 6.07) is 14.9. The van der Waals surface area contributed by atoms with E-state index in [1.807, 2.05) is 0 Å². The van der Waals surface area contributed by atoms with Crippen LogP contribution in [-0.4, -0.2) is 23.1 Å². The van der Waals surface area contributed by atoms with E-state index in [-0.39, 0.29) is 6.04 Å². The average Bonchev–Trinajstić information content (AvgIpc) is 3.05. The first-order valence-corrected chi connectivity index (χ1v) is 9.18. The zero-order chi connectivity index (χ0) is 16.2. The van der Waals surface area contributed by atoms with Crippen LogP contribution >= 0.6 is 11.3 Å². The highest BCUT2D eigenvalue weighted by Crippen LogP contribution is 2.31. The van der Waals surface area contributed by atoms with Gasteiger partial charge in [-0.15, -0.1) is 11.3 Å². The molecule has 0 bridgehead atoms. The third kappa shape index (κ3) is 3.18. The predicted octanol–water partition coefficient (Wildman–Crippen LogP) is 3.43. The minimum absolute atomic E-state index is 0.112. The van der Waals surface area contributed by atoms with Crippen LogP contribution in [0.15, 0.2) is 54.2 Å². The van der Waals surface area contributed by atoms with Gasteiger partial charge in [0.05, 0.1) is 11.7 Å². The standard InChI is InChI=1S/C19H20N4S/c1-2-5-14(6-3-1)18(17-7-4-12-24-17)23-19-15-8-10-20-11-9-16(15)21-13-22-19/h1-7,12-13,18,20H,8-11H2,(H,21,22,23)/t18-/m1/s1. The van der Waals surface area contributed by atoms with Crippen LogP contribution in [0.25, 0.3) is 0 Å². The van der Waals surface area contributed by atoms with E-state index in [1.165, 1.54) is 16.0 Å². The van der Waals surface area contributed by atoms with Gasteiger partial charge in [0, 0.05) is 23.4 Å². The highest BCUT2D eigenvalue weighted by atomic mass is 32.1. The van der Waals surface area contributed by atoms with Gasteiger partial charge >= 0.3 is 0 Å². The minimum Gasteiger partial charge on any atom is -0.358 e. The molecule has 122 valence electrons. The van der Waals surface area contributed by atoms with E-state index in [0.717, 1.165) is 37.4 Å². The third-order valence-electron chi connectivity index (χ3n) is 4.37. The van der Waals surface area contributed by atoms with Crippen LogP contribution < -0.4 is 10.6 Å². The number of thiophene rings is 1. The normalized spacial score (nSPS) is 15.3. The number of nitrogens with one attached hydrogen (secondary N) is 2. The van der Waals surface area contributed by atoms with Gasteiger partial charge in [0.25, 0.3) is 0 Å². The lowest BCUT2D eigenvalue weighted by atomic mass is 10.0. The van der Waals surface area contributed by atoms with Gasteiger partial charge in [-0.3, -0.25) is 0 Å². The van der Waals surface area contributed by atoms with Gasteiger partial charge < -0.3 is 10.6 Å². The Balaban J connectivity index is 1.71. The monoisotopic (exact) mass is 336 g/mol. The van der Waals surface area contributed by atoms with Crippen molar-refractivity contribution in [2.45, 2.75) is 18.9 Å². The number of anilines is 1. The third-order valence-corrected chi connectivity index (χ3v) is 5.30. The van der Waals surface area contributed by atoms with Crippen molar-refractivity contribution in [2.75, 3.05) is 18.4 Å². The maximum absolute atomic E-state index is 4.56. The predicted molar refractivity (Wildman–Crippen MR) is 98.5 cm³/mol. The molecule has 0 aliphatic carbocycles. The molecule has 0 amide bonds. The van der Waals surface area contributed by atoms with Crippen LogP contribution in [0.5, 0.6) is 0 Å². The van der Waals surface area contributed by atoms with Gasteiger partial charge in [-0.25, -0.2) is 9.97 Å². The lowest BCUT2D eigenvalue weighted by Gasteiger charge is -2.21. The van der Waals surface area contributed by atoms with Crippen LogP contribution in [0.4, 0.5) is 5.82 Å². The van der Waals surface area contributed by atoms with E-state index in [4.69, 9.17) is 0 Å². The smallest absolute Gasteiger partial charge is 0.133 e. The fourth-order valence-electron chi connectivity index (χ4n) is 3.15. The van der Waals surface area contributed by atoms with E-state index in [9.17, 15) is 0 Å². The van der Waals surface area contributed by atoms with Gasteiger partial charge in [-0.2, -0.15) is 0 Å². The summed E-state index contributed by atoms with van der Waals surface area (Å²) in [4.78, 5) is 10.3. The van der Waals surface area contributed by atoms with Crippen molar-refractivity contribution in [2.24, 2.45) is 0 Å². The van der Waals surface area contributed by atoms with Crippen LogP contribution in [0.1, 0.15) is 27.7 Å². The second-order valence-corrected chi connectivity index (χ2v) is 6.88. The average molecular weight is 336 g/mol. The highest BCUT2D eigenvalue weighted by molar-refractivity contribution is 7.10. The molecule has 0 radical (unpaired) electrons. The van der Waals surface area contributed by atoms with Gasteiger partial charge in [0.2, 0.25) is 0 Å². The first-order valence-electron chi connectivity index (χ1n) is 8.30. The molecule has 2 aromatic heterocycles. The number of fused-ring (bicyclic) bond motifs is 1. The topological polar surface area (TPSA) is 49.8 Å². The van der Waals surface area contributed by atoms with E-state index < -0.39 is 0 Å². The van der Waals surface area contributed by atoms with Crippen molar-refractivity contribution in [3.8, 4) is 0 Å². The van der Waals surface area contributed by atoms with Crippen LogP contribution in [0, 0.1) is 0 Å². The SMILES string of the molecule is c1ccc([C@@H](Nc2ncnc3c2CCNCC3)c2cccs2)cc1. The molecule has 4 rings (SSSR count). The molecule has 1 aliphatic heterocycles. The molecule has 1 atom stereocenters. The van der Waals surface area contributed by atoms with Crippen LogP contribution in [0.3, 0.4) is 0 Å². The lowest BCUT2D eigenvalue weighted by Crippen LogP contribution is -2.17. The van der Waals surface area contributed by atoms with Crippen LogP contribution in [-0.2, 0) is 12.8 Å². The Bertz CT molecular complexity index is 786. The van der Waals surface area contributed by atoms with Gasteiger partial charge in [-0.1, -0.05) is 36.4 Å². The molecule has 0 saturated carbocycles. The lowest BCUT2D eigenvalue weighted by molar-refractivity contribution is 0.708. The Morgan fingerprint density at radius 1 is 1.00 bits per heavy atom. The number of benzene rings is 1. The highest BCUT2D eigenvalue weighted by Gasteiger charge is 2.20. The van der Waals surface area contributed by atoms with Crippen molar-refractivity contribution in [1.29, 1.82) is 0 Å². The molecule has 0 unspecified atom stereocenters. The van der Waals surface area contributed by atoms with Crippen molar-refractivity contribution < 1.29 is 0 Å². The maximum Gasteiger partial charge on any atom is 0.133 e. The van der Waals surface area contributed by atoms with E-state index in [2.05, 4.69) is 68.4 Å². The molecule has 4 nitrogen and oxygen atoms in total. The Morgan fingerprint density at radius 3 is 2.71 bits per heavy atom. The zero-order valence-electron chi connectivity index (χ0n) is 13.4. The van der Waals surface area contributed by atoms with Gasteiger partial charge in [-0.05, 0) is 30.0 Å². The van der Waals surface area contributed by atoms with E-state index in [1.54, 1.807) is 17.7 Å². The molecule has 2 N–H and O–H groups in total.